The van der Waals surface area contributed by atoms with Gasteiger partial charge in [-0.3, -0.25) is 0 Å². The van der Waals surface area contributed by atoms with E-state index in [9.17, 15) is 4.39 Å². The second-order valence-electron chi connectivity index (χ2n) is 3.53. The number of halogens is 2. The third-order valence-corrected chi connectivity index (χ3v) is 2.59. The molecule has 0 heterocycles. The molecule has 2 nitrogen and oxygen atoms in total. The standard InChI is InChI=1S/C13H11ClFNO/c14-12-6-5-11(7-13(12)15)17-10-3-1-9(8-16)2-4-10/h1-7H,8,16H2. The maximum absolute atomic E-state index is 13.2. The number of benzene rings is 2. The van der Waals surface area contributed by atoms with Crippen molar-refractivity contribution in [2.24, 2.45) is 5.73 Å². The zero-order valence-electron chi connectivity index (χ0n) is 8.99. The lowest BCUT2D eigenvalue weighted by molar-refractivity contribution is 0.476. The van der Waals surface area contributed by atoms with Gasteiger partial charge in [0.25, 0.3) is 0 Å². The fourth-order valence-electron chi connectivity index (χ4n) is 1.37. The minimum Gasteiger partial charge on any atom is -0.457 e. The number of hydrogen-bond donors (Lipinski definition) is 1. The summed E-state index contributed by atoms with van der Waals surface area (Å²) in [5.41, 5.74) is 6.50. The third kappa shape index (κ3) is 2.96. The van der Waals surface area contributed by atoms with Crippen molar-refractivity contribution >= 4 is 11.6 Å². The maximum Gasteiger partial charge on any atom is 0.145 e. The molecule has 0 radical (unpaired) electrons. The van der Waals surface area contributed by atoms with Crippen molar-refractivity contribution in [3.05, 3.63) is 58.9 Å². The highest BCUT2D eigenvalue weighted by atomic mass is 35.5. The predicted octanol–water partition coefficient (Wildman–Crippen LogP) is 3.73. The van der Waals surface area contributed by atoms with Gasteiger partial charge in [-0.1, -0.05) is 23.7 Å². The van der Waals surface area contributed by atoms with Crippen LogP contribution in [0.1, 0.15) is 5.56 Å². The molecule has 4 heteroatoms. The van der Waals surface area contributed by atoms with Crippen LogP contribution in [0.4, 0.5) is 4.39 Å². The number of nitrogens with two attached hydrogens (primary N) is 1. The molecule has 0 atom stereocenters. The van der Waals surface area contributed by atoms with Crippen LogP contribution in [-0.2, 0) is 6.54 Å². The van der Waals surface area contributed by atoms with Gasteiger partial charge in [0.2, 0.25) is 0 Å². The molecule has 2 aromatic rings. The van der Waals surface area contributed by atoms with Crippen molar-refractivity contribution in [2.75, 3.05) is 0 Å². The zero-order valence-corrected chi connectivity index (χ0v) is 9.75. The smallest absolute Gasteiger partial charge is 0.145 e. The largest absolute Gasteiger partial charge is 0.457 e. The Hall–Kier alpha value is -1.58. The Labute approximate surface area is 104 Å². The van der Waals surface area contributed by atoms with E-state index in [2.05, 4.69) is 0 Å². The van der Waals surface area contributed by atoms with Crippen molar-refractivity contribution < 1.29 is 9.13 Å². The van der Waals surface area contributed by atoms with Gasteiger partial charge in [-0.15, -0.1) is 0 Å². The van der Waals surface area contributed by atoms with E-state index in [-0.39, 0.29) is 5.02 Å². The van der Waals surface area contributed by atoms with Gasteiger partial charge in [0.15, 0.2) is 0 Å². The minimum absolute atomic E-state index is 0.0795. The Balaban J connectivity index is 2.16. The molecular formula is C13H11ClFNO. The molecule has 0 aromatic heterocycles. The third-order valence-electron chi connectivity index (χ3n) is 2.29. The highest BCUT2D eigenvalue weighted by Gasteiger charge is 2.03. The van der Waals surface area contributed by atoms with Crippen LogP contribution in [0.3, 0.4) is 0 Å². The zero-order chi connectivity index (χ0) is 12.3. The summed E-state index contributed by atoms with van der Waals surface area (Å²) in [6.45, 7) is 0.482. The van der Waals surface area contributed by atoms with Crippen LogP contribution in [0.15, 0.2) is 42.5 Å². The molecule has 0 amide bonds. The van der Waals surface area contributed by atoms with Gasteiger partial charge in [0.05, 0.1) is 5.02 Å². The quantitative estimate of drug-likeness (QED) is 0.902. The summed E-state index contributed by atoms with van der Waals surface area (Å²) >= 11 is 5.58. The number of rotatable bonds is 3. The Morgan fingerprint density at radius 2 is 1.71 bits per heavy atom. The molecule has 0 saturated heterocycles. The molecule has 88 valence electrons. The van der Waals surface area contributed by atoms with Crippen LogP contribution >= 0.6 is 11.6 Å². The molecule has 2 rings (SSSR count). The first kappa shape index (κ1) is 11.9. The molecule has 0 aliphatic rings. The van der Waals surface area contributed by atoms with Crippen LogP contribution < -0.4 is 10.5 Å². The van der Waals surface area contributed by atoms with Gasteiger partial charge in [0.1, 0.15) is 17.3 Å². The fourth-order valence-corrected chi connectivity index (χ4v) is 1.49. The van der Waals surface area contributed by atoms with E-state index in [1.165, 1.54) is 12.1 Å². The summed E-state index contributed by atoms with van der Waals surface area (Å²) in [5, 5.41) is 0.0795. The van der Waals surface area contributed by atoms with Gasteiger partial charge in [-0.2, -0.15) is 0 Å². The lowest BCUT2D eigenvalue weighted by Crippen LogP contribution is -1.95. The van der Waals surface area contributed by atoms with Crippen LogP contribution in [0.5, 0.6) is 11.5 Å². The molecule has 0 unspecified atom stereocenters. The Kier molecular flexibility index (Phi) is 3.61. The molecule has 17 heavy (non-hydrogen) atoms. The number of ether oxygens (including phenoxy) is 1. The molecule has 2 N–H and O–H groups in total. The molecule has 0 bridgehead atoms. The molecule has 0 aliphatic heterocycles. The molecular weight excluding hydrogens is 241 g/mol. The normalized spacial score (nSPS) is 10.3. The second-order valence-corrected chi connectivity index (χ2v) is 3.93. The van der Waals surface area contributed by atoms with Gasteiger partial charge in [0, 0.05) is 12.6 Å². The van der Waals surface area contributed by atoms with Gasteiger partial charge in [-0.05, 0) is 29.8 Å². The van der Waals surface area contributed by atoms with Gasteiger partial charge in [-0.25, -0.2) is 4.39 Å². The van der Waals surface area contributed by atoms with E-state index < -0.39 is 5.82 Å². The lowest BCUT2D eigenvalue weighted by atomic mass is 10.2. The Morgan fingerprint density at radius 1 is 1.06 bits per heavy atom. The van der Waals surface area contributed by atoms with Gasteiger partial charge < -0.3 is 10.5 Å². The van der Waals surface area contributed by atoms with Crippen molar-refractivity contribution in [1.29, 1.82) is 0 Å². The molecule has 0 saturated carbocycles. The average molecular weight is 252 g/mol. The molecule has 2 aromatic carbocycles. The topological polar surface area (TPSA) is 35.2 Å². The van der Waals surface area contributed by atoms with Crippen LogP contribution in [0.25, 0.3) is 0 Å². The molecule has 0 spiro atoms. The molecule has 0 aliphatic carbocycles. The summed E-state index contributed by atoms with van der Waals surface area (Å²) < 4.78 is 18.6. The second kappa shape index (κ2) is 5.17. The van der Waals surface area contributed by atoms with Gasteiger partial charge >= 0.3 is 0 Å². The number of hydrogen-bond acceptors (Lipinski definition) is 2. The monoisotopic (exact) mass is 251 g/mol. The summed E-state index contributed by atoms with van der Waals surface area (Å²) in [5.74, 6) is 0.541. The molecule has 0 fully saturated rings. The lowest BCUT2D eigenvalue weighted by Gasteiger charge is -2.06. The van der Waals surface area contributed by atoms with Crippen molar-refractivity contribution in [3.8, 4) is 11.5 Å². The van der Waals surface area contributed by atoms with E-state index in [0.29, 0.717) is 18.0 Å². The minimum atomic E-state index is -0.497. The fraction of sp³-hybridized carbons (Fsp3) is 0.0769. The first-order chi connectivity index (χ1) is 8.19. The van der Waals surface area contributed by atoms with Crippen LogP contribution in [0, 0.1) is 5.82 Å². The first-order valence-corrected chi connectivity index (χ1v) is 5.49. The summed E-state index contributed by atoms with van der Waals surface area (Å²) in [6.07, 6.45) is 0. The van der Waals surface area contributed by atoms with E-state index in [1.54, 1.807) is 18.2 Å². The van der Waals surface area contributed by atoms with Crippen molar-refractivity contribution in [2.45, 2.75) is 6.54 Å². The highest BCUT2D eigenvalue weighted by molar-refractivity contribution is 6.30. The van der Waals surface area contributed by atoms with Crippen molar-refractivity contribution in [1.82, 2.24) is 0 Å². The summed E-state index contributed by atoms with van der Waals surface area (Å²) in [6, 6.07) is 11.6. The first-order valence-electron chi connectivity index (χ1n) is 5.11. The summed E-state index contributed by atoms with van der Waals surface area (Å²) in [7, 11) is 0. The Bertz CT molecular complexity index is 513. The SMILES string of the molecule is NCc1ccc(Oc2ccc(Cl)c(F)c2)cc1. The summed E-state index contributed by atoms with van der Waals surface area (Å²) in [4.78, 5) is 0. The average Bonchev–Trinajstić information content (AvgIpc) is 2.35. The van der Waals surface area contributed by atoms with Crippen LogP contribution in [-0.4, -0.2) is 0 Å². The van der Waals surface area contributed by atoms with E-state index in [4.69, 9.17) is 22.1 Å². The van der Waals surface area contributed by atoms with E-state index >= 15 is 0 Å². The van der Waals surface area contributed by atoms with E-state index in [1.807, 2.05) is 12.1 Å². The maximum atomic E-state index is 13.2. The Morgan fingerprint density at radius 3 is 2.29 bits per heavy atom. The van der Waals surface area contributed by atoms with Crippen LogP contribution in [0.2, 0.25) is 5.02 Å². The van der Waals surface area contributed by atoms with Crippen molar-refractivity contribution in [3.63, 3.8) is 0 Å². The van der Waals surface area contributed by atoms with E-state index in [0.717, 1.165) is 5.56 Å². The highest BCUT2D eigenvalue weighted by Crippen LogP contribution is 2.25. The predicted molar refractivity (Wildman–Crippen MR) is 65.8 cm³/mol.